The summed E-state index contributed by atoms with van der Waals surface area (Å²) >= 11 is 0. The molecule has 4 nitrogen and oxygen atoms in total. The Morgan fingerprint density at radius 1 is 0.400 bits per heavy atom. The van der Waals surface area contributed by atoms with Gasteiger partial charge in [0.25, 0.3) is 0 Å². The summed E-state index contributed by atoms with van der Waals surface area (Å²) in [6.45, 7) is 4.29. The van der Waals surface area contributed by atoms with Crippen LogP contribution in [-0.4, -0.2) is 11.9 Å². The first-order valence-electron chi connectivity index (χ1n) is 17.0. The first-order valence-corrected chi connectivity index (χ1v) is 17.0. The largest absolute Gasteiger partial charge is 0.422 e. The zero-order chi connectivity index (χ0) is 34.2. The van der Waals surface area contributed by atoms with E-state index >= 15 is 0 Å². The number of hydrogen-bond donors (Lipinski definition) is 0. The number of carbonyl (C=O) groups is 2. The lowest BCUT2D eigenvalue weighted by Gasteiger charge is -2.22. The van der Waals surface area contributed by atoms with Crippen molar-refractivity contribution in [1.29, 1.82) is 0 Å². The highest BCUT2D eigenvalue weighted by Crippen LogP contribution is 2.50. The summed E-state index contributed by atoms with van der Waals surface area (Å²) in [5, 5.41) is 7.28. The topological polar surface area (TPSA) is 52.6 Å². The molecule has 0 aliphatic rings. The van der Waals surface area contributed by atoms with Crippen molar-refractivity contribution in [3.63, 3.8) is 0 Å². The summed E-state index contributed by atoms with van der Waals surface area (Å²) in [7, 11) is 0. The number of ether oxygens (including phenoxy) is 2. The monoisotopic (exact) mass is 650 g/mol. The van der Waals surface area contributed by atoms with Gasteiger partial charge in [-0.25, -0.2) is 9.59 Å². The summed E-state index contributed by atoms with van der Waals surface area (Å²) < 4.78 is 12.6. The van der Waals surface area contributed by atoms with Gasteiger partial charge < -0.3 is 9.47 Å². The molecule has 8 rings (SSSR count). The molecule has 0 atom stereocenters. The van der Waals surface area contributed by atoms with Crippen molar-refractivity contribution in [3.05, 3.63) is 168 Å². The number of rotatable bonds is 7. The van der Waals surface area contributed by atoms with E-state index in [1.807, 2.05) is 72.8 Å². The van der Waals surface area contributed by atoms with Crippen LogP contribution in [0.3, 0.4) is 0 Å². The van der Waals surface area contributed by atoms with Crippen LogP contribution in [0.25, 0.3) is 54.2 Å². The van der Waals surface area contributed by atoms with Gasteiger partial charge in [0.05, 0.1) is 11.1 Å². The fraction of sp³-hybridized carbons (Fsp3) is 0.0870. The minimum Gasteiger partial charge on any atom is -0.422 e. The zero-order valence-corrected chi connectivity index (χ0v) is 27.9. The van der Waals surface area contributed by atoms with Crippen molar-refractivity contribution >= 4 is 55.0 Å². The van der Waals surface area contributed by atoms with Gasteiger partial charge in [-0.15, -0.1) is 0 Å². The standard InChI is InChI=1S/C46H34O4/c1-3-29-23-25-37-39(27-29)41(33-19-11-13-21-35(33)43(37)49-45(47)31-15-7-5-8-16-31)42-34-20-12-14-22-36(34)44(38-26-24-30(4-2)28-40(38)42)50-46(48)32-17-9-6-10-18-32/h5-28H,3-4H2,1-2H3. The van der Waals surface area contributed by atoms with Gasteiger partial charge in [0.1, 0.15) is 11.5 Å². The summed E-state index contributed by atoms with van der Waals surface area (Å²) in [5.74, 6) is 0.258. The molecule has 242 valence electrons. The van der Waals surface area contributed by atoms with Crippen LogP contribution in [0.2, 0.25) is 0 Å². The Hall–Kier alpha value is -6.26. The maximum atomic E-state index is 13.6. The Labute approximate surface area is 290 Å². The van der Waals surface area contributed by atoms with Crippen LogP contribution in [0.4, 0.5) is 0 Å². The molecule has 50 heavy (non-hydrogen) atoms. The lowest BCUT2D eigenvalue weighted by atomic mass is 9.84. The normalized spacial score (nSPS) is 11.3. The summed E-state index contributed by atoms with van der Waals surface area (Å²) in [4.78, 5) is 27.1. The van der Waals surface area contributed by atoms with Crippen LogP contribution in [0, 0.1) is 0 Å². The molecule has 0 spiro atoms. The average molecular weight is 651 g/mol. The van der Waals surface area contributed by atoms with Gasteiger partial charge in [0.15, 0.2) is 0 Å². The molecule has 0 heterocycles. The Morgan fingerprint density at radius 3 is 1.12 bits per heavy atom. The van der Waals surface area contributed by atoms with Crippen LogP contribution in [-0.2, 0) is 12.8 Å². The van der Waals surface area contributed by atoms with Crippen molar-refractivity contribution < 1.29 is 19.1 Å². The summed E-state index contributed by atoms with van der Waals surface area (Å²) in [6, 6.07) is 47.3. The number of benzene rings is 8. The molecule has 0 unspecified atom stereocenters. The van der Waals surface area contributed by atoms with E-state index < -0.39 is 11.9 Å². The number of hydrogen-bond acceptors (Lipinski definition) is 4. The van der Waals surface area contributed by atoms with E-state index in [0.29, 0.717) is 22.6 Å². The van der Waals surface area contributed by atoms with Gasteiger partial charge in [-0.2, -0.15) is 0 Å². The Balaban J connectivity index is 1.48. The Morgan fingerprint density at radius 2 is 0.740 bits per heavy atom. The maximum Gasteiger partial charge on any atom is 0.343 e. The molecular formula is C46H34O4. The number of esters is 2. The van der Waals surface area contributed by atoms with Crippen molar-refractivity contribution in [2.45, 2.75) is 26.7 Å². The van der Waals surface area contributed by atoms with Crippen LogP contribution < -0.4 is 9.47 Å². The fourth-order valence-corrected chi connectivity index (χ4v) is 7.02. The third-order valence-electron chi connectivity index (χ3n) is 9.55. The van der Waals surface area contributed by atoms with Gasteiger partial charge in [-0.1, -0.05) is 135 Å². The summed E-state index contributed by atoms with van der Waals surface area (Å²) in [5.41, 5.74) is 5.41. The van der Waals surface area contributed by atoms with Gasteiger partial charge in [-0.05, 0) is 80.9 Å². The quantitative estimate of drug-likeness (QED) is 0.0978. The number of carbonyl (C=O) groups excluding carboxylic acids is 2. The minimum absolute atomic E-state index is 0.405. The third kappa shape index (κ3) is 5.36. The van der Waals surface area contributed by atoms with Gasteiger partial charge in [0.2, 0.25) is 0 Å². The van der Waals surface area contributed by atoms with Crippen LogP contribution >= 0.6 is 0 Å². The van der Waals surface area contributed by atoms with E-state index in [1.165, 1.54) is 11.1 Å². The van der Waals surface area contributed by atoms with Gasteiger partial charge >= 0.3 is 11.9 Å². The highest BCUT2D eigenvalue weighted by Gasteiger charge is 2.25. The molecule has 0 bridgehead atoms. The smallest absolute Gasteiger partial charge is 0.343 e. The molecule has 0 aromatic heterocycles. The number of fused-ring (bicyclic) bond motifs is 4. The molecule has 4 heteroatoms. The average Bonchev–Trinajstić information content (AvgIpc) is 3.18. The fourth-order valence-electron chi connectivity index (χ4n) is 7.02. The van der Waals surface area contributed by atoms with Gasteiger partial charge in [-0.3, -0.25) is 0 Å². The molecule has 8 aromatic rings. The van der Waals surface area contributed by atoms with E-state index in [-0.39, 0.29) is 0 Å². The van der Waals surface area contributed by atoms with Crippen molar-refractivity contribution in [2.24, 2.45) is 0 Å². The van der Waals surface area contributed by atoms with E-state index in [9.17, 15) is 9.59 Å². The SMILES string of the molecule is CCc1ccc2c(OC(=O)c3ccccc3)c3ccccc3c(-c3c4ccccc4c(OC(=O)c4ccccc4)c4ccc(CC)cc34)c2c1. The maximum absolute atomic E-state index is 13.6. The van der Waals surface area contributed by atoms with E-state index in [2.05, 4.69) is 62.4 Å². The molecule has 0 amide bonds. The lowest BCUT2D eigenvalue weighted by molar-refractivity contribution is 0.0730. The van der Waals surface area contributed by atoms with Crippen molar-refractivity contribution in [1.82, 2.24) is 0 Å². The Bertz CT molecular complexity index is 2400. The molecule has 0 radical (unpaired) electrons. The van der Waals surface area contributed by atoms with E-state index in [1.54, 1.807) is 24.3 Å². The molecule has 0 saturated carbocycles. The first-order chi connectivity index (χ1) is 24.6. The molecule has 0 aliphatic carbocycles. The molecule has 0 aliphatic heterocycles. The third-order valence-corrected chi connectivity index (χ3v) is 9.55. The molecule has 0 N–H and O–H groups in total. The number of aryl methyl sites for hydroxylation is 2. The molecular weight excluding hydrogens is 617 g/mol. The summed E-state index contributed by atoms with van der Waals surface area (Å²) in [6.07, 6.45) is 1.69. The highest BCUT2D eigenvalue weighted by molar-refractivity contribution is 6.27. The van der Waals surface area contributed by atoms with E-state index in [4.69, 9.17) is 9.47 Å². The van der Waals surface area contributed by atoms with Crippen LogP contribution in [0.5, 0.6) is 11.5 Å². The second kappa shape index (κ2) is 13.0. The molecule has 0 saturated heterocycles. The zero-order valence-electron chi connectivity index (χ0n) is 27.9. The van der Waals surface area contributed by atoms with Crippen LogP contribution in [0.1, 0.15) is 45.7 Å². The van der Waals surface area contributed by atoms with E-state index in [0.717, 1.165) is 67.1 Å². The second-order valence-electron chi connectivity index (χ2n) is 12.5. The van der Waals surface area contributed by atoms with Crippen molar-refractivity contribution in [3.8, 4) is 22.6 Å². The predicted molar refractivity (Wildman–Crippen MR) is 203 cm³/mol. The highest BCUT2D eigenvalue weighted by atomic mass is 16.5. The molecule has 0 fully saturated rings. The van der Waals surface area contributed by atoms with Crippen molar-refractivity contribution in [2.75, 3.05) is 0 Å². The second-order valence-corrected chi connectivity index (χ2v) is 12.5. The first kappa shape index (κ1) is 31.0. The van der Waals surface area contributed by atoms with Gasteiger partial charge in [0, 0.05) is 21.5 Å². The Kier molecular flexibility index (Phi) is 8.06. The van der Waals surface area contributed by atoms with Crippen LogP contribution in [0.15, 0.2) is 146 Å². The predicted octanol–water partition coefficient (Wildman–Crippen LogP) is 11.5. The minimum atomic E-state index is -0.405. The lowest BCUT2D eigenvalue weighted by Crippen LogP contribution is -2.10. The molecule has 8 aromatic carbocycles.